The highest BCUT2D eigenvalue weighted by Gasteiger charge is 2.14. The third-order valence-corrected chi connectivity index (χ3v) is 5.90. The number of sulfonamides is 1. The number of nitrogens with one attached hydrogen (secondary N) is 1. The van der Waals surface area contributed by atoms with Crippen LogP contribution >= 0.6 is 0 Å². The summed E-state index contributed by atoms with van der Waals surface area (Å²) < 4.78 is 34.1. The lowest BCUT2D eigenvalue weighted by atomic mass is 10.0. The van der Waals surface area contributed by atoms with E-state index < -0.39 is 10.0 Å². The summed E-state index contributed by atoms with van der Waals surface area (Å²) in [6.07, 6.45) is 3.18. The molecule has 3 aromatic rings. The number of pyridine rings is 1. The van der Waals surface area contributed by atoms with Crippen LogP contribution in [-0.2, 0) is 29.9 Å². The number of rotatable bonds is 8. The van der Waals surface area contributed by atoms with E-state index in [1.165, 1.54) is 4.57 Å². The highest BCUT2D eigenvalue weighted by atomic mass is 32.2. The van der Waals surface area contributed by atoms with Crippen LogP contribution in [-0.4, -0.2) is 13.0 Å². The first kappa shape index (κ1) is 22.4. The average molecular weight is 439 g/mol. The molecule has 0 aliphatic carbocycles. The van der Waals surface area contributed by atoms with Crippen molar-refractivity contribution < 1.29 is 13.2 Å². The summed E-state index contributed by atoms with van der Waals surface area (Å²) in [5.41, 5.74) is 3.53. The highest BCUT2D eigenvalue weighted by Crippen LogP contribution is 2.36. The first-order valence-corrected chi connectivity index (χ1v) is 11.6. The summed E-state index contributed by atoms with van der Waals surface area (Å²) >= 11 is 0. The number of anilines is 1. The molecule has 31 heavy (non-hydrogen) atoms. The first-order valence-electron chi connectivity index (χ1n) is 10.0. The van der Waals surface area contributed by atoms with Crippen LogP contribution in [0, 0.1) is 0 Å². The number of aromatic nitrogens is 1. The van der Waals surface area contributed by atoms with E-state index in [0.29, 0.717) is 34.7 Å². The maximum absolute atomic E-state index is 12.4. The predicted molar refractivity (Wildman–Crippen MR) is 125 cm³/mol. The smallest absolute Gasteiger partial charge is 0.254 e. The quantitative estimate of drug-likeness (QED) is 0.545. The number of aryl methyl sites for hydroxylation is 3. The number of ether oxygens (including phenoxy) is 1. The number of hydrogen-bond donors (Lipinski definition) is 1. The second-order valence-corrected chi connectivity index (χ2v) is 8.78. The van der Waals surface area contributed by atoms with E-state index in [2.05, 4.69) is 18.2 Å². The molecule has 1 N–H and O–H groups in total. The van der Waals surface area contributed by atoms with Crippen molar-refractivity contribution in [2.45, 2.75) is 26.7 Å². The van der Waals surface area contributed by atoms with Crippen LogP contribution < -0.4 is 15.0 Å². The van der Waals surface area contributed by atoms with Crippen molar-refractivity contribution in [2.24, 2.45) is 7.05 Å². The van der Waals surface area contributed by atoms with Crippen LogP contribution in [0.25, 0.3) is 11.1 Å². The van der Waals surface area contributed by atoms with E-state index in [1.807, 2.05) is 37.3 Å². The molecule has 0 radical (unpaired) electrons. The predicted octanol–water partition coefficient (Wildman–Crippen LogP) is 4.85. The van der Waals surface area contributed by atoms with Gasteiger partial charge in [0.15, 0.2) is 0 Å². The Kier molecular flexibility index (Phi) is 6.65. The van der Waals surface area contributed by atoms with Crippen LogP contribution in [0.15, 0.2) is 71.5 Å². The second-order valence-electron chi connectivity index (χ2n) is 7.15. The summed E-state index contributed by atoms with van der Waals surface area (Å²) in [5.74, 6) is 1.23. The Hall–Kier alpha value is -3.32. The Labute approximate surface area is 182 Å². The zero-order chi connectivity index (χ0) is 22.6. The third kappa shape index (κ3) is 5.24. The minimum Gasteiger partial charge on any atom is -0.457 e. The van der Waals surface area contributed by atoms with Gasteiger partial charge in [0.25, 0.3) is 15.6 Å². The average Bonchev–Trinajstić information content (AvgIpc) is 2.76. The highest BCUT2D eigenvalue weighted by molar-refractivity contribution is 7.95. The molecule has 0 spiro atoms. The Morgan fingerprint density at radius 3 is 2.55 bits per heavy atom. The standard InChI is InChI=1S/C24H26N2O4S/c1-5-17-9-8-10-21(13-17)30-23-12-11-20(25-31(28,29)7-3)15-22(23)19-14-18(6-2)24(27)26(4)16-19/h7-16,25H,3,5-6H2,1-2,4H3. The molecule has 0 fully saturated rings. The van der Waals surface area contributed by atoms with E-state index in [9.17, 15) is 13.2 Å². The molecule has 1 aromatic heterocycles. The largest absolute Gasteiger partial charge is 0.457 e. The second kappa shape index (κ2) is 9.22. The monoisotopic (exact) mass is 438 g/mol. The van der Waals surface area contributed by atoms with Crippen molar-refractivity contribution in [1.82, 2.24) is 4.57 Å². The minimum atomic E-state index is -3.66. The third-order valence-electron chi connectivity index (χ3n) is 4.94. The van der Waals surface area contributed by atoms with E-state index >= 15 is 0 Å². The molecular weight excluding hydrogens is 412 g/mol. The van der Waals surface area contributed by atoms with E-state index in [-0.39, 0.29) is 5.56 Å². The summed E-state index contributed by atoms with van der Waals surface area (Å²) in [6.45, 7) is 7.32. The number of hydrogen-bond acceptors (Lipinski definition) is 4. The van der Waals surface area contributed by atoms with Crippen molar-refractivity contribution in [3.8, 4) is 22.6 Å². The molecule has 0 bridgehead atoms. The molecule has 1 heterocycles. The van der Waals surface area contributed by atoms with Gasteiger partial charge in [-0.05, 0) is 54.8 Å². The van der Waals surface area contributed by atoms with Crippen molar-refractivity contribution in [3.63, 3.8) is 0 Å². The van der Waals surface area contributed by atoms with Crippen molar-refractivity contribution in [1.29, 1.82) is 0 Å². The molecule has 3 rings (SSSR count). The van der Waals surface area contributed by atoms with Crippen molar-refractivity contribution >= 4 is 15.7 Å². The van der Waals surface area contributed by atoms with Gasteiger partial charge >= 0.3 is 0 Å². The lowest BCUT2D eigenvalue weighted by Crippen LogP contribution is -2.20. The lowest BCUT2D eigenvalue weighted by Gasteiger charge is -2.16. The molecule has 0 aliphatic heterocycles. The number of benzene rings is 2. The molecule has 2 aromatic carbocycles. The van der Waals surface area contributed by atoms with Gasteiger partial charge < -0.3 is 9.30 Å². The van der Waals surface area contributed by atoms with Crippen LogP contribution in [0.3, 0.4) is 0 Å². The Balaban J connectivity index is 2.15. The molecule has 6 nitrogen and oxygen atoms in total. The Bertz CT molecular complexity index is 1280. The van der Waals surface area contributed by atoms with Crippen LogP contribution in [0.4, 0.5) is 5.69 Å². The van der Waals surface area contributed by atoms with Gasteiger partial charge in [-0.1, -0.05) is 32.6 Å². The Morgan fingerprint density at radius 2 is 1.87 bits per heavy atom. The zero-order valence-electron chi connectivity index (χ0n) is 17.9. The normalized spacial score (nSPS) is 11.2. The van der Waals surface area contributed by atoms with Gasteiger partial charge in [-0.3, -0.25) is 9.52 Å². The van der Waals surface area contributed by atoms with E-state index in [4.69, 9.17) is 4.74 Å². The molecule has 0 unspecified atom stereocenters. The number of nitrogens with zero attached hydrogens (tertiary/aromatic N) is 1. The zero-order valence-corrected chi connectivity index (χ0v) is 18.7. The molecule has 0 atom stereocenters. The van der Waals surface area contributed by atoms with Crippen molar-refractivity contribution in [3.05, 3.63) is 88.2 Å². The maximum Gasteiger partial charge on any atom is 0.254 e. The topological polar surface area (TPSA) is 77.4 Å². The fourth-order valence-electron chi connectivity index (χ4n) is 3.25. The SMILES string of the molecule is C=CS(=O)(=O)Nc1ccc(Oc2cccc(CC)c2)c(-c2cc(CC)c(=O)n(C)c2)c1. The fourth-order valence-corrected chi connectivity index (χ4v) is 3.79. The van der Waals surface area contributed by atoms with Crippen LogP contribution in [0.5, 0.6) is 11.5 Å². The maximum atomic E-state index is 12.4. The molecule has 0 amide bonds. The molecule has 0 saturated carbocycles. The van der Waals surface area contributed by atoms with Gasteiger partial charge in [-0.15, -0.1) is 0 Å². The fraction of sp³-hybridized carbons (Fsp3) is 0.208. The van der Waals surface area contributed by atoms with Gasteiger partial charge in [-0.25, -0.2) is 8.42 Å². The summed E-state index contributed by atoms with van der Waals surface area (Å²) in [5, 5.41) is 0.856. The van der Waals surface area contributed by atoms with Gasteiger partial charge in [0.1, 0.15) is 11.5 Å². The molecule has 0 aliphatic rings. The summed E-state index contributed by atoms with van der Waals surface area (Å²) in [6, 6.07) is 14.7. The van der Waals surface area contributed by atoms with Crippen LogP contribution in [0.1, 0.15) is 25.0 Å². The molecule has 0 saturated heterocycles. The first-order chi connectivity index (χ1) is 14.8. The molecule has 7 heteroatoms. The van der Waals surface area contributed by atoms with Gasteiger partial charge in [0, 0.05) is 41.0 Å². The Morgan fingerprint density at radius 1 is 1.10 bits per heavy atom. The lowest BCUT2D eigenvalue weighted by molar-refractivity contribution is 0.484. The minimum absolute atomic E-state index is 0.0621. The molecule has 162 valence electrons. The van der Waals surface area contributed by atoms with Gasteiger partial charge in [-0.2, -0.15) is 0 Å². The van der Waals surface area contributed by atoms with Gasteiger partial charge in [0.05, 0.1) is 0 Å². The summed E-state index contributed by atoms with van der Waals surface area (Å²) in [4.78, 5) is 12.4. The van der Waals surface area contributed by atoms with Crippen molar-refractivity contribution in [2.75, 3.05) is 4.72 Å². The van der Waals surface area contributed by atoms with Gasteiger partial charge in [0.2, 0.25) is 0 Å². The van der Waals surface area contributed by atoms with E-state index in [1.54, 1.807) is 31.4 Å². The van der Waals surface area contributed by atoms with Crippen LogP contribution in [0.2, 0.25) is 0 Å². The molecular formula is C24H26N2O4S. The van der Waals surface area contributed by atoms with E-state index in [0.717, 1.165) is 23.0 Å². The summed E-state index contributed by atoms with van der Waals surface area (Å²) in [7, 11) is -1.97.